The lowest BCUT2D eigenvalue weighted by atomic mass is 10.0. The molecule has 25 heavy (non-hydrogen) atoms. The molecule has 0 aromatic carbocycles. The predicted octanol–water partition coefficient (Wildman–Crippen LogP) is 3.12. The number of hydrogen-bond donors (Lipinski definition) is 2. The van der Waals surface area contributed by atoms with E-state index in [0.717, 1.165) is 36.4 Å². The molecule has 0 amide bonds. The maximum Gasteiger partial charge on any atom is 0.191 e. The lowest BCUT2D eigenvalue weighted by Gasteiger charge is -2.33. The first-order valence-corrected chi connectivity index (χ1v) is 9.74. The zero-order valence-electron chi connectivity index (χ0n) is 16.3. The van der Waals surface area contributed by atoms with E-state index in [2.05, 4.69) is 46.5 Å². The fourth-order valence-electron chi connectivity index (χ4n) is 3.21. The summed E-state index contributed by atoms with van der Waals surface area (Å²) in [4.78, 5) is 6.90. The Bertz CT molecular complexity index is 526. The van der Waals surface area contributed by atoms with Crippen LogP contribution in [0.2, 0.25) is 0 Å². The highest BCUT2D eigenvalue weighted by Crippen LogP contribution is 2.16. The SMILES string of the molecule is CN=C(NCCCCN1CCCCC1C)NCc1cc(C(C)C)no1. The van der Waals surface area contributed by atoms with Crippen LogP contribution in [0.5, 0.6) is 0 Å². The number of aromatic nitrogens is 1. The van der Waals surface area contributed by atoms with Crippen molar-refractivity contribution in [3.8, 4) is 0 Å². The van der Waals surface area contributed by atoms with Gasteiger partial charge in [0.2, 0.25) is 0 Å². The summed E-state index contributed by atoms with van der Waals surface area (Å²) in [5.41, 5.74) is 0.992. The molecule has 142 valence electrons. The molecule has 0 aliphatic carbocycles. The molecule has 6 nitrogen and oxygen atoms in total. The van der Waals surface area contributed by atoms with Gasteiger partial charge in [0.15, 0.2) is 11.7 Å². The summed E-state index contributed by atoms with van der Waals surface area (Å²) in [7, 11) is 1.80. The number of hydrogen-bond acceptors (Lipinski definition) is 4. The second kappa shape index (κ2) is 10.4. The molecule has 2 rings (SSSR count). The van der Waals surface area contributed by atoms with Crippen LogP contribution in [-0.4, -0.2) is 48.7 Å². The molecule has 1 saturated heterocycles. The summed E-state index contributed by atoms with van der Waals surface area (Å²) < 4.78 is 5.34. The number of unbranched alkanes of at least 4 members (excludes halogenated alkanes) is 1. The normalized spacial score (nSPS) is 19.4. The lowest BCUT2D eigenvalue weighted by Crippen LogP contribution is -2.39. The van der Waals surface area contributed by atoms with E-state index in [4.69, 9.17) is 4.52 Å². The van der Waals surface area contributed by atoms with Crippen LogP contribution in [0.3, 0.4) is 0 Å². The number of rotatable bonds is 8. The molecule has 1 fully saturated rings. The van der Waals surface area contributed by atoms with Crippen molar-refractivity contribution in [2.75, 3.05) is 26.7 Å². The second-order valence-corrected chi connectivity index (χ2v) is 7.31. The van der Waals surface area contributed by atoms with Crippen LogP contribution < -0.4 is 10.6 Å². The quantitative estimate of drug-likeness (QED) is 0.429. The third-order valence-corrected chi connectivity index (χ3v) is 4.93. The molecule has 0 bridgehead atoms. The van der Waals surface area contributed by atoms with Crippen LogP contribution in [0, 0.1) is 0 Å². The standard InChI is InChI=1S/C19H35N5O/c1-15(2)18-13-17(25-23-18)14-22-19(20-4)21-10-6-8-12-24-11-7-5-9-16(24)3/h13,15-16H,5-12,14H2,1-4H3,(H2,20,21,22). The Morgan fingerprint density at radius 2 is 2.20 bits per heavy atom. The van der Waals surface area contributed by atoms with Gasteiger partial charge in [0.25, 0.3) is 0 Å². The smallest absolute Gasteiger partial charge is 0.191 e. The third kappa shape index (κ3) is 6.69. The predicted molar refractivity (Wildman–Crippen MR) is 103 cm³/mol. The van der Waals surface area contributed by atoms with E-state index >= 15 is 0 Å². The maximum absolute atomic E-state index is 5.34. The van der Waals surface area contributed by atoms with Gasteiger partial charge in [-0.2, -0.15) is 0 Å². The van der Waals surface area contributed by atoms with Crippen LogP contribution in [0.15, 0.2) is 15.6 Å². The van der Waals surface area contributed by atoms with E-state index in [1.165, 1.54) is 38.8 Å². The second-order valence-electron chi connectivity index (χ2n) is 7.31. The highest BCUT2D eigenvalue weighted by molar-refractivity contribution is 5.79. The number of likely N-dealkylation sites (tertiary alicyclic amines) is 1. The monoisotopic (exact) mass is 349 g/mol. The molecular weight excluding hydrogens is 314 g/mol. The molecule has 6 heteroatoms. The minimum Gasteiger partial charge on any atom is -0.359 e. The van der Waals surface area contributed by atoms with Crippen molar-refractivity contribution in [3.63, 3.8) is 0 Å². The zero-order valence-corrected chi connectivity index (χ0v) is 16.3. The number of nitrogens with one attached hydrogen (secondary N) is 2. The van der Waals surface area contributed by atoms with Crippen molar-refractivity contribution in [2.45, 2.75) is 71.4 Å². The topological polar surface area (TPSA) is 65.7 Å². The van der Waals surface area contributed by atoms with E-state index in [-0.39, 0.29) is 0 Å². The fourth-order valence-corrected chi connectivity index (χ4v) is 3.21. The van der Waals surface area contributed by atoms with Gasteiger partial charge < -0.3 is 20.1 Å². The van der Waals surface area contributed by atoms with Crippen LogP contribution in [0.4, 0.5) is 0 Å². The molecule has 1 unspecified atom stereocenters. The number of piperidine rings is 1. The molecule has 1 aromatic rings. The van der Waals surface area contributed by atoms with Crippen molar-refractivity contribution in [1.29, 1.82) is 0 Å². The summed E-state index contributed by atoms with van der Waals surface area (Å²) in [6, 6.07) is 2.76. The summed E-state index contributed by atoms with van der Waals surface area (Å²) in [5, 5.41) is 10.7. The number of guanidine groups is 1. The first-order chi connectivity index (χ1) is 12.1. The largest absolute Gasteiger partial charge is 0.359 e. The molecule has 0 saturated carbocycles. The Morgan fingerprint density at radius 3 is 2.88 bits per heavy atom. The van der Waals surface area contributed by atoms with Crippen LogP contribution in [0.25, 0.3) is 0 Å². The molecule has 1 atom stereocenters. The van der Waals surface area contributed by atoms with Gasteiger partial charge >= 0.3 is 0 Å². The van der Waals surface area contributed by atoms with Gasteiger partial charge in [0.1, 0.15) is 0 Å². The Morgan fingerprint density at radius 1 is 1.36 bits per heavy atom. The highest BCUT2D eigenvalue weighted by Gasteiger charge is 2.17. The summed E-state index contributed by atoms with van der Waals surface area (Å²) in [6.45, 7) is 10.6. The average Bonchev–Trinajstić information content (AvgIpc) is 3.08. The first kappa shape index (κ1) is 19.8. The number of nitrogens with zero attached hydrogens (tertiary/aromatic N) is 3. The minimum atomic E-state index is 0.387. The Kier molecular flexibility index (Phi) is 8.25. The summed E-state index contributed by atoms with van der Waals surface area (Å²) in [5.74, 6) is 2.04. The molecule has 2 N–H and O–H groups in total. The zero-order chi connectivity index (χ0) is 18.1. The first-order valence-electron chi connectivity index (χ1n) is 9.74. The summed E-state index contributed by atoms with van der Waals surface area (Å²) >= 11 is 0. The maximum atomic E-state index is 5.34. The van der Waals surface area contributed by atoms with E-state index in [1.54, 1.807) is 7.05 Å². The van der Waals surface area contributed by atoms with Gasteiger partial charge in [-0.3, -0.25) is 4.99 Å². The van der Waals surface area contributed by atoms with Crippen LogP contribution in [-0.2, 0) is 6.54 Å². The van der Waals surface area contributed by atoms with Crippen LogP contribution in [0.1, 0.15) is 70.2 Å². The number of aliphatic imine (C=N–C) groups is 1. The van der Waals surface area contributed by atoms with Crippen molar-refractivity contribution in [3.05, 3.63) is 17.5 Å². The molecule has 1 aliphatic rings. The molecular formula is C19H35N5O. The molecule has 0 radical (unpaired) electrons. The van der Waals surface area contributed by atoms with Crippen LogP contribution >= 0.6 is 0 Å². The Labute approximate surface area is 152 Å². The fraction of sp³-hybridized carbons (Fsp3) is 0.789. The van der Waals surface area contributed by atoms with Crippen molar-refractivity contribution >= 4 is 5.96 Å². The lowest BCUT2D eigenvalue weighted by molar-refractivity contribution is 0.158. The Hall–Kier alpha value is -1.56. The molecule has 0 spiro atoms. The Balaban J connectivity index is 1.60. The molecule has 1 aromatic heterocycles. The minimum absolute atomic E-state index is 0.387. The van der Waals surface area contributed by atoms with E-state index in [0.29, 0.717) is 12.5 Å². The van der Waals surface area contributed by atoms with Crippen molar-refractivity contribution in [1.82, 2.24) is 20.7 Å². The van der Waals surface area contributed by atoms with Crippen molar-refractivity contribution < 1.29 is 4.52 Å². The molecule has 1 aliphatic heterocycles. The van der Waals surface area contributed by atoms with E-state index in [9.17, 15) is 0 Å². The van der Waals surface area contributed by atoms with Crippen molar-refractivity contribution in [2.24, 2.45) is 4.99 Å². The van der Waals surface area contributed by atoms with Gasteiger partial charge in [-0.15, -0.1) is 0 Å². The third-order valence-electron chi connectivity index (χ3n) is 4.93. The highest BCUT2D eigenvalue weighted by atomic mass is 16.5. The van der Waals surface area contributed by atoms with Gasteiger partial charge in [0, 0.05) is 25.7 Å². The molecule has 2 heterocycles. The van der Waals surface area contributed by atoms with E-state index in [1.807, 2.05) is 6.07 Å². The summed E-state index contributed by atoms with van der Waals surface area (Å²) in [6.07, 6.45) is 6.50. The van der Waals surface area contributed by atoms with Gasteiger partial charge in [-0.25, -0.2) is 0 Å². The van der Waals surface area contributed by atoms with Gasteiger partial charge in [-0.05, 0) is 51.6 Å². The van der Waals surface area contributed by atoms with Gasteiger partial charge in [-0.1, -0.05) is 25.4 Å². The average molecular weight is 350 g/mol. The van der Waals surface area contributed by atoms with Gasteiger partial charge in [0.05, 0.1) is 12.2 Å². The van der Waals surface area contributed by atoms with E-state index < -0.39 is 0 Å².